The third-order valence-electron chi connectivity index (χ3n) is 3.72. The van der Waals surface area contributed by atoms with E-state index in [1.807, 2.05) is 30.3 Å². The Hall–Kier alpha value is -2.19. The summed E-state index contributed by atoms with van der Waals surface area (Å²) in [5, 5.41) is 5.28. The van der Waals surface area contributed by atoms with E-state index in [4.69, 9.17) is 4.74 Å². The van der Waals surface area contributed by atoms with E-state index in [0.29, 0.717) is 16.6 Å². The second-order valence-electron chi connectivity index (χ2n) is 5.76. The van der Waals surface area contributed by atoms with Crippen molar-refractivity contribution >= 4 is 34.0 Å². The molecule has 1 saturated carbocycles. The average Bonchev–Trinajstić information content (AvgIpc) is 3.38. The maximum atomic E-state index is 12.1. The van der Waals surface area contributed by atoms with E-state index >= 15 is 0 Å². The molecule has 3 aromatic rings. The summed E-state index contributed by atoms with van der Waals surface area (Å²) in [4.78, 5) is 30.0. The number of thioether (sulfide) groups is 1. The molecule has 25 heavy (non-hydrogen) atoms. The van der Waals surface area contributed by atoms with E-state index < -0.39 is 0 Å². The molecule has 0 unspecified atom stereocenters. The van der Waals surface area contributed by atoms with Crippen LogP contribution >= 0.6 is 23.1 Å². The number of carbonyl (C=O) groups excluding carboxylic acids is 1. The zero-order valence-corrected chi connectivity index (χ0v) is 14.9. The molecule has 0 saturated heterocycles. The van der Waals surface area contributed by atoms with Gasteiger partial charge in [-0.3, -0.25) is 9.59 Å². The second kappa shape index (κ2) is 6.97. The summed E-state index contributed by atoms with van der Waals surface area (Å²) in [6.07, 6.45) is 2.25. The van der Waals surface area contributed by atoms with Gasteiger partial charge in [-0.1, -0.05) is 29.5 Å². The predicted molar refractivity (Wildman–Crippen MR) is 96.1 cm³/mol. The van der Waals surface area contributed by atoms with Crippen LogP contribution in [-0.4, -0.2) is 26.3 Å². The maximum Gasteiger partial charge on any atom is 0.316 e. The Bertz CT molecular complexity index is 964. The molecule has 0 bridgehead atoms. The van der Waals surface area contributed by atoms with Crippen LogP contribution in [0, 0.1) is 0 Å². The van der Waals surface area contributed by atoms with Crippen LogP contribution < -0.4 is 5.56 Å². The summed E-state index contributed by atoms with van der Waals surface area (Å²) in [6.45, 7) is -0.00339. The van der Waals surface area contributed by atoms with E-state index in [0.717, 1.165) is 22.7 Å². The Morgan fingerprint density at radius 3 is 2.88 bits per heavy atom. The normalized spacial score (nSPS) is 13.9. The van der Waals surface area contributed by atoms with Crippen molar-refractivity contribution in [1.82, 2.24) is 14.6 Å². The lowest BCUT2D eigenvalue weighted by atomic mass is 10.4. The lowest BCUT2D eigenvalue weighted by Crippen LogP contribution is -2.17. The fourth-order valence-electron chi connectivity index (χ4n) is 2.30. The number of rotatable bonds is 6. The largest absolute Gasteiger partial charge is 0.459 e. The van der Waals surface area contributed by atoms with Crippen LogP contribution in [-0.2, 0) is 16.1 Å². The first-order valence-electron chi connectivity index (χ1n) is 7.92. The highest BCUT2D eigenvalue weighted by molar-refractivity contribution is 8.00. The molecule has 8 heteroatoms. The highest BCUT2D eigenvalue weighted by Crippen LogP contribution is 2.41. The first-order valence-corrected chi connectivity index (χ1v) is 9.72. The lowest BCUT2D eigenvalue weighted by Gasteiger charge is -2.04. The van der Waals surface area contributed by atoms with E-state index in [1.165, 1.54) is 33.7 Å². The fourth-order valence-corrected chi connectivity index (χ4v) is 4.10. The number of benzene rings is 1. The molecule has 0 amide bonds. The molecular formula is C17H15N3O3S2. The van der Waals surface area contributed by atoms with E-state index in [-0.39, 0.29) is 23.9 Å². The SMILES string of the molecule is O=C(CSc1ccccc1)OCc1cc(=O)n2nc(C3CC3)sc2n1. The summed E-state index contributed by atoms with van der Waals surface area (Å²) in [5.41, 5.74) is 0.215. The van der Waals surface area contributed by atoms with Crippen LogP contribution in [0.15, 0.2) is 46.1 Å². The van der Waals surface area contributed by atoms with Crippen LogP contribution in [0.4, 0.5) is 0 Å². The highest BCUT2D eigenvalue weighted by Gasteiger charge is 2.28. The summed E-state index contributed by atoms with van der Waals surface area (Å²) in [5.74, 6) is 0.360. The van der Waals surface area contributed by atoms with Gasteiger partial charge < -0.3 is 4.74 Å². The summed E-state index contributed by atoms with van der Waals surface area (Å²) >= 11 is 2.85. The molecule has 0 N–H and O–H groups in total. The van der Waals surface area contributed by atoms with Crippen LogP contribution in [0.3, 0.4) is 0 Å². The minimum absolute atomic E-state index is 0.00339. The van der Waals surface area contributed by atoms with E-state index in [9.17, 15) is 9.59 Å². The molecule has 128 valence electrons. The second-order valence-corrected chi connectivity index (χ2v) is 7.79. The summed E-state index contributed by atoms with van der Waals surface area (Å²) < 4.78 is 6.56. The van der Waals surface area contributed by atoms with Crippen molar-refractivity contribution in [3.05, 3.63) is 57.5 Å². The minimum Gasteiger partial charge on any atom is -0.459 e. The number of hydrogen-bond acceptors (Lipinski definition) is 7. The number of aromatic nitrogens is 3. The van der Waals surface area contributed by atoms with Crippen molar-refractivity contribution in [2.24, 2.45) is 0 Å². The first kappa shape index (κ1) is 16.3. The number of ether oxygens (including phenoxy) is 1. The molecule has 0 radical (unpaired) electrons. The van der Waals surface area contributed by atoms with E-state index in [1.54, 1.807) is 0 Å². The molecular weight excluding hydrogens is 358 g/mol. The lowest BCUT2D eigenvalue weighted by molar-refractivity contribution is -0.141. The van der Waals surface area contributed by atoms with Gasteiger partial charge in [-0.25, -0.2) is 4.98 Å². The number of hydrogen-bond donors (Lipinski definition) is 0. The molecule has 1 aromatic carbocycles. The first-order chi connectivity index (χ1) is 12.2. The van der Waals surface area contributed by atoms with Gasteiger partial charge in [-0.15, -0.1) is 11.8 Å². The Morgan fingerprint density at radius 1 is 1.32 bits per heavy atom. The van der Waals surface area contributed by atoms with Gasteiger partial charge >= 0.3 is 5.97 Å². The van der Waals surface area contributed by atoms with Crippen molar-refractivity contribution in [2.75, 3.05) is 5.75 Å². The maximum absolute atomic E-state index is 12.1. The third-order valence-corrected chi connectivity index (χ3v) is 5.78. The zero-order valence-electron chi connectivity index (χ0n) is 13.3. The quantitative estimate of drug-likeness (QED) is 0.489. The van der Waals surface area contributed by atoms with Gasteiger partial charge in [0.1, 0.15) is 11.6 Å². The molecule has 4 rings (SSSR count). The fraction of sp³-hybridized carbons (Fsp3) is 0.294. The molecule has 1 fully saturated rings. The Morgan fingerprint density at radius 2 is 2.12 bits per heavy atom. The average molecular weight is 373 g/mol. The van der Waals surface area contributed by atoms with E-state index in [2.05, 4.69) is 10.1 Å². The molecule has 6 nitrogen and oxygen atoms in total. The number of esters is 1. The van der Waals surface area contributed by atoms with Gasteiger partial charge in [0, 0.05) is 16.9 Å². The van der Waals surface area contributed by atoms with Crippen LogP contribution in [0.1, 0.15) is 29.5 Å². The molecule has 0 atom stereocenters. The highest BCUT2D eigenvalue weighted by atomic mass is 32.2. The van der Waals surface area contributed by atoms with Gasteiger partial charge in [-0.2, -0.15) is 9.61 Å². The van der Waals surface area contributed by atoms with Crippen molar-refractivity contribution < 1.29 is 9.53 Å². The molecule has 2 aromatic heterocycles. The Kier molecular flexibility index (Phi) is 4.54. The van der Waals surface area contributed by atoms with Gasteiger partial charge in [0.15, 0.2) is 0 Å². The van der Waals surface area contributed by atoms with Crippen LogP contribution in [0.2, 0.25) is 0 Å². The van der Waals surface area contributed by atoms with Gasteiger partial charge in [0.05, 0.1) is 11.4 Å². The predicted octanol–water partition coefficient (Wildman–Crippen LogP) is 2.86. The third kappa shape index (κ3) is 3.91. The smallest absolute Gasteiger partial charge is 0.316 e. The number of nitrogens with zero attached hydrogens (tertiary/aromatic N) is 3. The number of carbonyl (C=O) groups is 1. The van der Waals surface area contributed by atoms with Crippen molar-refractivity contribution in [2.45, 2.75) is 30.3 Å². The minimum atomic E-state index is -0.334. The van der Waals surface area contributed by atoms with Gasteiger partial charge in [-0.05, 0) is 25.0 Å². The summed E-state index contributed by atoms with van der Waals surface area (Å²) in [7, 11) is 0. The molecule has 1 aliphatic rings. The van der Waals surface area contributed by atoms with Gasteiger partial charge in [0.2, 0.25) is 4.96 Å². The molecule has 1 aliphatic carbocycles. The Labute approximate surface area is 151 Å². The Balaban J connectivity index is 1.38. The monoisotopic (exact) mass is 373 g/mol. The van der Waals surface area contributed by atoms with Crippen molar-refractivity contribution in [3.63, 3.8) is 0 Å². The van der Waals surface area contributed by atoms with Crippen LogP contribution in [0.25, 0.3) is 4.96 Å². The standard InChI is InChI=1S/C17H15N3O3S2/c21-14-8-12(18-17-20(14)19-16(25-17)11-6-7-11)9-23-15(22)10-24-13-4-2-1-3-5-13/h1-5,8,11H,6-7,9-10H2. The molecule has 2 heterocycles. The van der Waals surface area contributed by atoms with Gasteiger partial charge in [0.25, 0.3) is 5.56 Å². The van der Waals surface area contributed by atoms with Crippen LogP contribution in [0.5, 0.6) is 0 Å². The van der Waals surface area contributed by atoms with Crippen molar-refractivity contribution in [1.29, 1.82) is 0 Å². The molecule has 0 spiro atoms. The number of fused-ring (bicyclic) bond motifs is 1. The van der Waals surface area contributed by atoms with Crippen molar-refractivity contribution in [3.8, 4) is 0 Å². The topological polar surface area (TPSA) is 73.6 Å². The molecule has 0 aliphatic heterocycles. The summed E-state index contributed by atoms with van der Waals surface area (Å²) in [6, 6.07) is 11.0. The zero-order chi connectivity index (χ0) is 17.2.